The maximum atomic E-state index is 12.0. The van der Waals surface area contributed by atoms with Gasteiger partial charge < -0.3 is 4.79 Å². The largest absolute Gasteiger partial charge is 0.303 e. The predicted molar refractivity (Wildman–Crippen MR) is 116 cm³/mol. The van der Waals surface area contributed by atoms with Gasteiger partial charge in [0.2, 0.25) is 0 Å². The smallest absolute Gasteiger partial charge is 0.123 e. The number of alkyl halides is 1. The summed E-state index contributed by atoms with van der Waals surface area (Å²) in [6.07, 6.45) is 15.5. The molecule has 2 aliphatic carbocycles. The number of aldehydes is 1. The summed E-state index contributed by atoms with van der Waals surface area (Å²) in [6.45, 7) is 2.17. The second kappa shape index (κ2) is 11.3. The van der Waals surface area contributed by atoms with Crippen molar-refractivity contribution in [2.75, 3.05) is 5.88 Å². The minimum Gasteiger partial charge on any atom is -0.303 e. The molecular formula is C24H37ClN2O. The molecule has 1 unspecified atom stereocenters. The highest BCUT2D eigenvalue weighted by Gasteiger charge is 2.35. The molecule has 0 aliphatic heterocycles. The number of hydrogen-bond donors (Lipinski definition) is 0. The zero-order valence-corrected chi connectivity index (χ0v) is 18.2. The van der Waals surface area contributed by atoms with E-state index in [1.165, 1.54) is 51.2 Å². The van der Waals surface area contributed by atoms with Gasteiger partial charge in [0.05, 0.1) is 11.4 Å². The Labute approximate surface area is 176 Å². The summed E-state index contributed by atoms with van der Waals surface area (Å²) < 4.78 is 0. The van der Waals surface area contributed by atoms with Crippen LogP contribution in [0.5, 0.6) is 0 Å². The summed E-state index contributed by atoms with van der Waals surface area (Å²) >= 11 is 5.85. The number of rotatable bonds is 9. The topological polar surface area (TPSA) is 42.9 Å². The van der Waals surface area contributed by atoms with Crippen molar-refractivity contribution in [3.05, 3.63) is 23.5 Å². The fourth-order valence-corrected chi connectivity index (χ4v) is 5.77. The van der Waals surface area contributed by atoms with Crippen LogP contribution in [0, 0.1) is 23.7 Å². The van der Waals surface area contributed by atoms with Crippen molar-refractivity contribution in [2.24, 2.45) is 23.7 Å². The number of hydrogen-bond acceptors (Lipinski definition) is 3. The minimum absolute atomic E-state index is 0.271. The first-order chi connectivity index (χ1) is 13.7. The van der Waals surface area contributed by atoms with Crippen LogP contribution in [-0.4, -0.2) is 22.4 Å². The number of carbonyl (C=O) groups is 1. The third-order valence-corrected chi connectivity index (χ3v) is 7.59. The number of aromatic nitrogens is 2. The summed E-state index contributed by atoms with van der Waals surface area (Å²) in [6, 6.07) is 4.33. The Hall–Kier alpha value is -0.960. The van der Waals surface area contributed by atoms with Gasteiger partial charge in [0.25, 0.3) is 0 Å². The van der Waals surface area contributed by atoms with Crippen molar-refractivity contribution in [3.63, 3.8) is 0 Å². The highest BCUT2D eigenvalue weighted by Crippen LogP contribution is 2.44. The van der Waals surface area contributed by atoms with Crippen LogP contribution in [0.2, 0.25) is 0 Å². The summed E-state index contributed by atoms with van der Waals surface area (Å²) in [5.41, 5.74) is 2.25. The second-order valence-electron chi connectivity index (χ2n) is 9.14. The van der Waals surface area contributed by atoms with Crippen LogP contribution < -0.4 is 0 Å². The molecule has 2 aliphatic rings. The highest BCUT2D eigenvalue weighted by molar-refractivity contribution is 6.17. The molecule has 0 N–H and O–H groups in total. The quantitative estimate of drug-likeness (QED) is 0.356. The van der Waals surface area contributed by atoms with Gasteiger partial charge in [-0.15, -0.1) is 11.6 Å². The molecule has 3 rings (SSSR count). The van der Waals surface area contributed by atoms with E-state index in [1.807, 2.05) is 0 Å². The van der Waals surface area contributed by atoms with Crippen LogP contribution in [0.15, 0.2) is 12.1 Å². The van der Waals surface area contributed by atoms with E-state index >= 15 is 0 Å². The summed E-state index contributed by atoms with van der Waals surface area (Å²) in [7, 11) is 0. The second-order valence-corrected chi connectivity index (χ2v) is 9.51. The minimum atomic E-state index is 0.271. The van der Waals surface area contributed by atoms with Gasteiger partial charge in [0, 0.05) is 17.7 Å². The van der Waals surface area contributed by atoms with Gasteiger partial charge >= 0.3 is 0 Å². The Bertz CT molecular complexity index is 575. The zero-order valence-electron chi connectivity index (χ0n) is 17.5. The monoisotopic (exact) mass is 404 g/mol. The lowest BCUT2D eigenvalue weighted by atomic mass is 9.66. The molecule has 1 aromatic heterocycles. The Kier molecular flexibility index (Phi) is 8.76. The molecule has 0 aromatic carbocycles. The molecule has 1 heterocycles. The van der Waals surface area contributed by atoms with Crippen molar-refractivity contribution in [3.8, 4) is 0 Å². The summed E-state index contributed by atoms with van der Waals surface area (Å²) in [5.74, 6) is 3.61. The first-order valence-corrected chi connectivity index (χ1v) is 12.1. The number of nitrogens with zero attached hydrogens (tertiary/aromatic N) is 2. The molecule has 4 heteroatoms. The molecule has 2 saturated carbocycles. The molecule has 3 nitrogen and oxygen atoms in total. The van der Waals surface area contributed by atoms with E-state index in [-0.39, 0.29) is 5.92 Å². The van der Waals surface area contributed by atoms with Crippen LogP contribution >= 0.6 is 11.6 Å². The molecule has 2 fully saturated rings. The Morgan fingerprint density at radius 2 is 1.71 bits per heavy atom. The van der Waals surface area contributed by atoms with E-state index < -0.39 is 0 Å². The van der Waals surface area contributed by atoms with Gasteiger partial charge in [-0.1, -0.05) is 26.2 Å². The van der Waals surface area contributed by atoms with Crippen molar-refractivity contribution in [1.29, 1.82) is 0 Å². The van der Waals surface area contributed by atoms with Gasteiger partial charge in [0.1, 0.15) is 6.29 Å². The van der Waals surface area contributed by atoms with Crippen molar-refractivity contribution >= 4 is 17.9 Å². The Morgan fingerprint density at radius 3 is 2.25 bits per heavy atom. The molecule has 1 aromatic rings. The molecule has 0 bridgehead atoms. The van der Waals surface area contributed by atoms with Crippen LogP contribution in [0.3, 0.4) is 0 Å². The third kappa shape index (κ3) is 5.78. The van der Waals surface area contributed by atoms with E-state index in [4.69, 9.17) is 11.6 Å². The zero-order chi connectivity index (χ0) is 19.8. The number of carbonyl (C=O) groups excluding carboxylic acids is 1. The SMILES string of the molecule is CCCc1ccc(C2CCC(C(C=O)C3CCC(CCCCl)CC3)CC2)nn1. The first-order valence-electron chi connectivity index (χ1n) is 11.6. The van der Waals surface area contributed by atoms with Crippen molar-refractivity contribution in [1.82, 2.24) is 10.2 Å². The van der Waals surface area contributed by atoms with Gasteiger partial charge in [-0.2, -0.15) is 10.2 Å². The van der Waals surface area contributed by atoms with Crippen LogP contribution in [0.4, 0.5) is 0 Å². The summed E-state index contributed by atoms with van der Waals surface area (Å²) in [5, 5.41) is 8.91. The average Bonchev–Trinajstić information content (AvgIpc) is 2.75. The standard InChI is InChI=1S/C24H37ClN2O/c1-2-4-22-14-15-24(27-26-22)21-12-10-20(11-13-21)23(17-28)19-8-6-18(7-9-19)5-3-16-25/h14-15,17-21,23H,2-13,16H2,1H3. The number of halogens is 1. The van der Waals surface area contributed by atoms with Crippen molar-refractivity contribution < 1.29 is 4.79 Å². The lowest BCUT2D eigenvalue weighted by Crippen LogP contribution is -2.31. The maximum absolute atomic E-state index is 12.0. The van der Waals surface area contributed by atoms with Gasteiger partial charge in [-0.25, -0.2) is 0 Å². The van der Waals surface area contributed by atoms with Crippen molar-refractivity contribution in [2.45, 2.75) is 89.9 Å². The van der Waals surface area contributed by atoms with Crippen LogP contribution in [0.25, 0.3) is 0 Å². The fraction of sp³-hybridized carbons (Fsp3) is 0.792. The Balaban J connectivity index is 1.48. The van der Waals surface area contributed by atoms with E-state index in [0.29, 0.717) is 17.8 Å². The van der Waals surface area contributed by atoms with E-state index in [1.54, 1.807) is 0 Å². The molecule has 0 radical (unpaired) electrons. The molecule has 0 amide bonds. The average molecular weight is 405 g/mol. The molecule has 1 atom stereocenters. The molecule has 0 spiro atoms. The third-order valence-electron chi connectivity index (χ3n) is 7.32. The van der Waals surface area contributed by atoms with Crippen LogP contribution in [-0.2, 0) is 11.2 Å². The summed E-state index contributed by atoms with van der Waals surface area (Å²) in [4.78, 5) is 12.0. The predicted octanol–water partition coefficient (Wildman–Crippen LogP) is 6.34. The van der Waals surface area contributed by atoms with E-state index in [0.717, 1.165) is 55.3 Å². The molecular weight excluding hydrogens is 368 g/mol. The first kappa shape index (κ1) is 21.7. The normalized spacial score (nSPS) is 29.4. The molecule has 0 saturated heterocycles. The lowest BCUT2D eigenvalue weighted by Gasteiger charge is -2.38. The Morgan fingerprint density at radius 1 is 1.04 bits per heavy atom. The molecule has 156 valence electrons. The lowest BCUT2D eigenvalue weighted by molar-refractivity contribution is -0.115. The van der Waals surface area contributed by atoms with Gasteiger partial charge in [0.15, 0.2) is 0 Å². The fourth-order valence-electron chi connectivity index (χ4n) is 5.61. The maximum Gasteiger partial charge on any atom is 0.123 e. The van der Waals surface area contributed by atoms with Crippen LogP contribution in [0.1, 0.15) is 94.9 Å². The van der Waals surface area contributed by atoms with Gasteiger partial charge in [-0.05, 0) is 87.7 Å². The van der Waals surface area contributed by atoms with E-state index in [2.05, 4.69) is 29.3 Å². The highest BCUT2D eigenvalue weighted by atomic mass is 35.5. The number of aryl methyl sites for hydroxylation is 1. The van der Waals surface area contributed by atoms with Gasteiger partial charge in [-0.3, -0.25) is 0 Å². The van der Waals surface area contributed by atoms with E-state index in [9.17, 15) is 4.79 Å². The molecule has 28 heavy (non-hydrogen) atoms.